The second-order valence-corrected chi connectivity index (χ2v) is 4.96. The molecule has 20 heavy (non-hydrogen) atoms. The molecule has 0 aromatic carbocycles. The summed E-state index contributed by atoms with van der Waals surface area (Å²) in [5.41, 5.74) is 2.22. The molecule has 0 fully saturated rings. The molecule has 102 valence electrons. The third-order valence-corrected chi connectivity index (χ3v) is 3.04. The summed E-state index contributed by atoms with van der Waals surface area (Å²) in [5, 5.41) is 3.35. The van der Waals surface area contributed by atoms with Gasteiger partial charge in [-0.15, -0.1) is 0 Å². The van der Waals surface area contributed by atoms with Gasteiger partial charge in [-0.05, 0) is 37.6 Å². The van der Waals surface area contributed by atoms with Gasteiger partial charge in [-0.25, -0.2) is 4.98 Å². The molecule has 3 heterocycles. The van der Waals surface area contributed by atoms with Crippen molar-refractivity contribution in [3.8, 4) is 0 Å². The first kappa shape index (κ1) is 12.8. The average molecular weight is 289 g/mol. The Morgan fingerprint density at radius 3 is 2.85 bits per heavy atom. The van der Waals surface area contributed by atoms with E-state index in [1.54, 1.807) is 18.7 Å². The number of hydrogen-bond acceptors (Lipinski definition) is 5. The van der Waals surface area contributed by atoms with Gasteiger partial charge >= 0.3 is 0 Å². The number of rotatable bonds is 3. The average Bonchev–Trinajstić information content (AvgIpc) is 2.83. The van der Waals surface area contributed by atoms with Crippen LogP contribution >= 0.6 is 11.6 Å². The molecular weight excluding hydrogens is 276 g/mol. The summed E-state index contributed by atoms with van der Waals surface area (Å²) in [5.74, 6) is 0.576. The van der Waals surface area contributed by atoms with Gasteiger partial charge in [0.05, 0.1) is 18.2 Å². The van der Waals surface area contributed by atoms with Crippen molar-refractivity contribution in [2.75, 3.05) is 5.32 Å². The third-order valence-electron chi connectivity index (χ3n) is 2.87. The Morgan fingerprint density at radius 2 is 2.15 bits per heavy atom. The van der Waals surface area contributed by atoms with E-state index in [4.69, 9.17) is 11.6 Å². The maximum Gasteiger partial charge on any atom is 0.226 e. The second-order valence-electron chi connectivity index (χ2n) is 4.63. The molecule has 3 aromatic heterocycles. The van der Waals surface area contributed by atoms with Gasteiger partial charge in [0, 0.05) is 12.2 Å². The predicted molar refractivity (Wildman–Crippen MR) is 78.2 cm³/mol. The van der Waals surface area contributed by atoms with Crippen LogP contribution in [0.2, 0.25) is 5.28 Å². The maximum absolute atomic E-state index is 6.00. The Bertz CT molecular complexity index is 737. The SMILES string of the molecule is CC(C)n1cnc2c(Nc3cccnc3)nc(Cl)nc21. The Hall–Kier alpha value is -2.21. The minimum absolute atomic E-state index is 0.186. The zero-order valence-electron chi connectivity index (χ0n) is 11.1. The van der Waals surface area contributed by atoms with Crippen molar-refractivity contribution in [3.05, 3.63) is 36.1 Å². The van der Waals surface area contributed by atoms with Gasteiger partial charge < -0.3 is 9.88 Å². The quantitative estimate of drug-likeness (QED) is 0.750. The molecule has 0 saturated heterocycles. The van der Waals surface area contributed by atoms with Crippen LogP contribution in [-0.4, -0.2) is 24.5 Å². The summed E-state index contributed by atoms with van der Waals surface area (Å²) >= 11 is 6.00. The second kappa shape index (κ2) is 5.05. The molecule has 0 aliphatic carbocycles. The molecule has 0 saturated carbocycles. The minimum atomic E-state index is 0.186. The van der Waals surface area contributed by atoms with Crippen LogP contribution in [0.25, 0.3) is 11.2 Å². The van der Waals surface area contributed by atoms with E-state index in [2.05, 4.69) is 39.1 Å². The fourth-order valence-electron chi connectivity index (χ4n) is 1.93. The van der Waals surface area contributed by atoms with Gasteiger partial charge in [0.15, 0.2) is 17.0 Å². The van der Waals surface area contributed by atoms with Gasteiger partial charge in [0.2, 0.25) is 5.28 Å². The number of nitrogens with one attached hydrogen (secondary N) is 1. The van der Waals surface area contributed by atoms with E-state index < -0.39 is 0 Å². The number of imidazole rings is 1. The predicted octanol–water partition coefficient (Wildman–Crippen LogP) is 3.20. The summed E-state index contributed by atoms with van der Waals surface area (Å²) in [7, 11) is 0. The highest BCUT2D eigenvalue weighted by Gasteiger charge is 2.14. The Morgan fingerprint density at radius 1 is 1.30 bits per heavy atom. The van der Waals surface area contributed by atoms with Crippen molar-refractivity contribution in [2.24, 2.45) is 0 Å². The third kappa shape index (κ3) is 2.30. The Kier molecular flexibility index (Phi) is 3.23. The molecule has 0 spiro atoms. The van der Waals surface area contributed by atoms with Crippen molar-refractivity contribution in [3.63, 3.8) is 0 Å². The number of hydrogen-bond donors (Lipinski definition) is 1. The summed E-state index contributed by atoms with van der Waals surface area (Å²) < 4.78 is 1.96. The highest BCUT2D eigenvalue weighted by atomic mass is 35.5. The summed E-state index contributed by atoms with van der Waals surface area (Å²) in [4.78, 5) is 16.9. The standard InChI is InChI=1S/C13H13ClN6/c1-8(2)20-7-16-10-11(18-13(14)19-12(10)20)17-9-4-3-5-15-6-9/h3-8H,1-2H3,(H,17,18,19). The number of pyridine rings is 1. The number of anilines is 2. The van der Waals surface area contributed by atoms with Gasteiger partial charge in [-0.2, -0.15) is 9.97 Å². The van der Waals surface area contributed by atoms with Crippen LogP contribution in [0.5, 0.6) is 0 Å². The van der Waals surface area contributed by atoms with Gasteiger partial charge in [0.1, 0.15) is 0 Å². The topological polar surface area (TPSA) is 68.5 Å². The number of fused-ring (bicyclic) bond motifs is 1. The number of halogens is 1. The first-order valence-corrected chi connectivity index (χ1v) is 6.60. The van der Waals surface area contributed by atoms with Crippen molar-refractivity contribution < 1.29 is 0 Å². The largest absolute Gasteiger partial charge is 0.337 e. The van der Waals surface area contributed by atoms with E-state index >= 15 is 0 Å². The lowest BCUT2D eigenvalue weighted by molar-refractivity contribution is 0.612. The van der Waals surface area contributed by atoms with Crippen LogP contribution in [0.15, 0.2) is 30.9 Å². The zero-order valence-corrected chi connectivity index (χ0v) is 11.8. The Labute approximate surface area is 120 Å². The fraction of sp³-hybridized carbons (Fsp3) is 0.231. The molecule has 1 N–H and O–H groups in total. The summed E-state index contributed by atoms with van der Waals surface area (Å²) in [6.45, 7) is 4.12. The first-order valence-electron chi connectivity index (χ1n) is 6.22. The number of aromatic nitrogens is 5. The molecule has 0 unspecified atom stereocenters. The molecule has 3 rings (SSSR count). The van der Waals surface area contributed by atoms with Crippen LogP contribution < -0.4 is 5.32 Å². The Balaban J connectivity index is 2.11. The summed E-state index contributed by atoms with van der Waals surface area (Å²) in [6, 6.07) is 3.99. The number of nitrogens with zero attached hydrogens (tertiary/aromatic N) is 5. The fourth-order valence-corrected chi connectivity index (χ4v) is 2.09. The van der Waals surface area contributed by atoms with E-state index in [9.17, 15) is 0 Å². The maximum atomic E-state index is 6.00. The van der Waals surface area contributed by atoms with E-state index in [1.807, 2.05) is 16.7 Å². The van der Waals surface area contributed by atoms with Crippen LogP contribution in [-0.2, 0) is 0 Å². The first-order chi connectivity index (χ1) is 9.65. The van der Waals surface area contributed by atoms with Crippen molar-refractivity contribution in [1.82, 2.24) is 24.5 Å². The molecular formula is C13H13ClN6. The minimum Gasteiger partial charge on any atom is -0.337 e. The molecule has 0 radical (unpaired) electrons. The molecule has 0 atom stereocenters. The van der Waals surface area contributed by atoms with Crippen LogP contribution in [0.1, 0.15) is 19.9 Å². The lowest BCUT2D eigenvalue weighted by atomic mass is 10.3. The smallest absolute Gasteiger partial charge is 0.226 e. The highest BCUT2D eigenvalue weighted by molar-refractivity contribution is 6.28. The van der Waals surface area contributed by atoms with Crippen molar-refractivity contribution >= 4 is 34.3 Å². The lowest BCUT2D eigenvalue weighted by Gasteiger charge is -2.09. The van der Waals surface area contributed by atoms with Gasteiger partial charge in [0.25, 0.3) is 0 Å². The molecule has 0 aliphatic heterocycles. The van der Waals surface area contributed by atoms with Crippen LogP contribution in [0, 0.1) is 0 Å². The van der Waals surface area contributed by atoms with Gasteiger partial charge in [-0.3, -0.25) is 4.98 Å². The monoisotopic (exact) mass is 288 g/mol. The van der Waals surface area contributed by atoms with Crippen LogP contribution in [0.3, 0.4) is 0 Å². The molecule has 0 amide bonds. The van der Waals surface area contributed by atoms with Crippen molar-refractivity contribution in [2.45, 2.75) is 19.9 Å². The zero-order chi connectivity index (χ0) is 14.1. The molecule has 0 bridgehead atoms. The lowest BCUT2D eigenvalue weighted by Crippen LogP contribution is -2.02. The molecule has 0 aliphatic rings. The van der Waals surface area contributed by atoms with E-state index in [0.717, 1.165) is 5.69 Å². The summed E-state index contributed by atoms with van der Waals surface area (Å²) in [6.07, 6.45) is 5.16. The van der Waals surface area contributed by atoms with E-state index in [0.29, 0.717) is 17.0 Å². The van der Waals surface area contributed by atoms with Gasteiger partial charge in [-0.1, -0.05) is 0 Å². The highest BCUT2D eigenvalue weighted by Crippen LogP contribution is 2.25. The molecule has 6 nitrogen and oxygen atoms in total. The van der Waals surface area contributed by atoms with Crippen molar-refractivity contribution in [1.29, 1.82) is 0 Å². The normalized spacial score (nSPS) is 11.2. The molecule has 7 heteroatoms. The van der Waals surface area contributed by atoms with E-state index in [1.165, 1.54) is 0 Å². The molecule has 3 aromatic rings. The van der Waals surface area contributed by atoms with Crippen LogP contribution in [0.4, 0.5) is 11.5 Å². The van der Waals surface area contributed by atoms with E-state index in [-0.39, 0.29) is 11.3 Å².